The number of nitrogens with zero attached hydrogens (tertiary/aromatic N) is 9. The molecule has 4 fully saturated rings. The van der Waals surface area contributed by atoms with Crippen molar-refractivity contribution in [2.24, 2.45) is 5.92 Å². The molecule has 4 aromatic rings. The Balaban J connectivity index is 0.693. The molecule has 0 aliphatic carbocycles. The summed E-state index contributed by atoms with van der Waals surface area (Å²) in [6.07, 6.45) is 9.02. The summed E-state index contributed by atoms with van der Waals surface area (Å²) in [4.78, 5) is 109. The van der Waals surface area contributed by atoms with Crippen molar-refractivity contribution in [2.75, 3.05) is 76.5 Å². The summed E-state index contributed by atoms with van der Waals surface area (Å²) in [5, 5.41) is 9.51. The molecule has 0 spiro atoms. The Bertz CT molecular complexity index is 2660. The first kappa shape index (κ1) is 47.7. The quantitative estimate of drug-likeness (QED) is 0.122. The smallest absolute Gasteiger partial charge is 0.361 e. The van der Waals surface area contributed by atoms with Gasteiger partial charge in [-0.25, -0.2) is 19.2 Å². The largest absolute Gasteiger partial charge is 0.442 e. The van der Waals surface area contributed by atoms with E-state index in [-0.39, 0.29) is 47.9 Å². The molecule has 5 aliphatic rings. The van der Waals surface area contributed by atoms with E-state index in [2.05, 4.69) is 35.5 Å². The second-order valence-electron chi connectivity index (χ2n) is 18.3. The van der Waals surface area contributed by atoms with E-state index in [1.54, 1.807) is 36.5 Å². The topological polar surface area (TPSA) is 239 Å². The van der Waals surface area contributed by atoms with Crippen molar-refractivity contribution in [1.29, 1.82) is 0 Å². The van der Waals surface area contributed by atoms with E-state index in [1.165, 1.54) is 36.5 Å². The number of piperazine rings is 1. The van der Waals surface area contributed by atoms with Gasteiger partial charge in [-0.3, -0.25) is 48.6 Å². The molecule has 21 heteroatoms. The van der Waals surface area contributed by atoms with Crippen molar-refractivity contribution in [1.82, 2.24) is 49.6 Å². The average Bonchev–Trinajstić information content (AvgIpc) is 3.98. The van der Waals surface area contributed by atoms with Gasteiger partial charge in [0.15, 0.2) is 11.5 Å². The molecule has 2 aromatic carbocycles. The van der Waals surface area contributed by atoms with E-state index < -0.39 is 53.5 Å². The van der Waals surface area contributed by atoms with Crippen LogP contribution >= 0.6 is 0 Å². The zero-order valence-corrected chi connectivity index (χ0v) is 38.6. The number of aromatic nitrogens is 4. The number of carbonyl (C=O) groups excluding carboxylic acids is 7. The Kier molecular flexibility index (Phi) is 14.4. The van der Waals surface area contributed by atoms with Crippen LogP contribution in [0.3, 0.4) is 0 Å². The minimum Gasteiger partial charge on any atom is -0.442 e. The highest BCUT2D eigenvalue weighted by Gasteiger charge is 2.44. The number of nitrogens with two attached hydrogens (primary N) is 1. The zero-order chi connectivity index (χ0) is 48.9. The molecule has 0 saturated carbocycles. The number of imide groups is 2. The minimum atomic E-state index is -1.37. The lowest BCUT2D eigenvalue weighted by atomic mass is 9.94. The first-order valence-electron chi connectivity index (χ1n) is 23.8. The van der Waals surface area contributed by atoms with Gasteiger partial charge >= 0.3 is 5.97 Å². The van der Waals surface area contributed by atoms with Crippen LogP contribution in [0.15, 0.2) is 85.0 Å². The summed E-state index contributed by atoms with van der Waals surface area (Å²) in [5.74, 6) is -4.40. The van der Waals surface area contributed by atoms with Crippen LogP contribution in [-0.2, 0) is 33.5 Å². The molecule has 2 atom stereocenters. The second kappa shape index (κ2) is 21.1. The van der Waals surface area contributed by atoms with Gasteiger partial charge < -0.3 is 30.5 Å². The lowest BCUT2D eigenvalue weighted by Gasteiger charge is -2.39. The molecule has 4 N–H and O–H groups in total. The fourth-order valence-electron chi connectivity index (χ4n) is 9.83. The SMILES string of the molecule is Nc1ncc(-c2cnn(C3CCN(CCCN4CCN(C(=O)C5CCN(C6=CC(=O)N(C7CCC(=O)NC7=O)C6=O)CC5)CC4)CC3)c2)nc1C(=O)O[C@@H](C(=O)Nc1ccc(F)cc1)c1ccccc1. The maximum Gasteiger partial charge on any atom is 0.361 e. The number of rotatable bonds is 14. The third kappa shape index (κ3) is 10.7. The van der Waals surface area contributed by atoms with Gasteiger partial charge in [-0.15, -0.1) is 0 Å². The van der Waals surface area contributed by atoms with Crippen LogP contribution in [0, 0.1) is 11.7 Å². The van der Waals surface area contributed by atoms with Gasteiger partial charge in [0.05, 0.1) is 24.1 Å². The van der Waals surface area contributed by atoms with Crippen LogP contribution in [0.5, 0.6) is 0 Å². The summed E-state index contributed by atoms with van der Waals surface area (Å²) in [6, 6.07) is 12.9. The highest BCUT2D eigenvalue weighted by molar-refractivity contribution is 6.18. The molecule has 5 aliphatic heterocycles. The van der Waals surface area contributed by atoms with Crippen molar-refractivity contribution in [3.63, 3.8) is 0 Å². The van der Waals surface area contributed by atoms with Gasteiger partial charge in [-0.05, 0) is 75.9 Å². The van der Waals surface area contributed by atoms with Crippen molar-refractivity contribution in [3.8, 4) is 11.3 Å². The first-order chi connectivity index (χ1) is 33.9. The molecule has 7 heterocycles. The number of esters is 1. The second-order valence-corrected chi connectivity index (χ2v) is 18.3. The summed E-state index contributed by atoms with van der Waals surface area (Å²) >= 11 is 0. The van der Waals surface area contributed by atoms with E-state index >= 15 is 0 Å². The van der Waals surface area contributed by atoms with Crippen LogP contribution in [0.2, 0.25) is 0 Å². The number of hydrogen-bond donors (Lipinski definition) is 3. The number of nitrogens with one attached hydrogen (secondary N) is 2. The highest BCUT2D eigenvalue weighted by atomic mass is 19.1. The van der Waals surface area contributed by atoms with E-state index in [1.807, 2.05) is 20.7 Å². The van der Waals surface area contributed by atoms with Crippen molar-refractivity contribution < 1.29 is 42.7 Å². The molecule has 4 saturated heterocycles. The number of hydrogen-bond acceptors (Lipinski definition) is 15. The molecule has 9 rings (SSSR count). The molecule has 1 unspecified atom stereocenters. The van der Waals surface area contributed by atoms with Crippen molar-refractivity contribution >= 4 is 52.9 Å². The van der Waals surface area contributed by atoms with Gasteiger partial charge in [0, 0.05) is 93.8 Å². The van der Waals surface area contributed by atoms with Gasteiger partial charge in [-0.2, -0.15) is 5.10 Å². The number of halogens is 1. The van der Waals surface area contributed by atoms with Crippen LogP contribution in [0.4, 0.5) is 15.9 Å². The van der Waals surface area contributed by atoms with Crippen LogP contribution in [0.1, 0.15) is 73.1 Å². The maximum absolute atomic E-state index is 13.6. The predicted octanol–water partition coefficient (Wildman–Crippen LogP) is 2.54. The third-order valence-corrected chi connectivity index (χ3v) is 13.8. The summed E-state index contributed by atoms with van der Waals surface area (Å²) < 4.78 is 21.1. The number of piperidine rings is 3. The summed E-state index contributed by atoms with van der Waals surface area (Å²) in [6.45, 7) is 7.57. The molecule has 70 heavy (non-hydrogen) atoms. The highest BCUT2D eigenvalue weighted by Crippen LogP contribution is 2.30. The van der Waals surface area contributed by atoms with Crippen molar-refractivity contribution in [2.45, 2.75) is 63.1 Å². The summed E-state index contributed by atoms with van der Waals surface area (Å²) in [7, 11) is 0. The number of nitrogen functional groups attached to an aromatic ring is 1. The number of likely N-dealkylation sites (tertiary alicyclic amines) is 2. The molecular weight excluding hydrogens is 904 g/mol. The van der Waals surface area contributed by atoms with Gasteiger partial charge in [0.2, 0.25) is 23.8 Å². The number of amides is 6. The Hall–Kier alpha value is -7.39. The van der Waals surface area contributed by atoms with Crippen molar-refractivity contribution in [3.05, 3.63) is 102 Å². The third-order valence-electron chi connectivity index (χ3n) is 13.8. The molecule has 0 bridgehead atoms. The number of carbonyl (C=O) groups is 7. The van der Waals surface area contributed by atoms with Gasteiger partial charge in [0.25, 0.3) is 17.7 Å². The summed E-state index contributed by atoms with van der Waals surface area (Å²) in [5.41, 5.74) is 7.84. The van der Waals surface area contributed by atoms with E-state index in [4.69, 9.17) is 10.5 Å². The van der Waals surface area contributed by atoms with E-state index in [0.717, 1.165) is 63.4 Å². The van der Waals surface area contributed by atoms with E-state index in [0.29, 0.717) is 61.5 Å². The Labute approximate surface area is 403 Å². The van der Waals surface area contributed by atoms with Gasteiger partial charge in [-0.1, -0.05) is 30.3 Å². The lowest BCUT2D eigenvalue weighted by molar-refractivity contribution is -0.150. The van der Waals surface area contributed by atoms with Crippen LogP contribution < -0.4 is 16.4 Å². The molecule has 6 amide bonds. The maximum atomic E-state index is 13.6. The lowest BCUT2D eigenvalue weighted by Crippen LogP contribution is -2.55. The number of benzene rings is 2. The number of ether oxygens (including phenoxy) is 1. The van der Waals surface area contributed by atoms with Gasteiger partial charge in [0.1, 0.15) is 17.6 Å². The van der Waals surface area contributed by atoms with Crippen LogP contribution in [-0.4, -0.2) is 157 Å². The monoisotopic (exact) mass is 958 g/mol. The minimum absolute atomic E-state index is 0.0639. The molecule has 366 valence electrons. The Morgan fingerprint density at radius 2 is 1.54 bits per heavy atom. The normalized spacial score (nSPS) is 20.3. The Morgan fingerprint density at radius 1 is 0.843 bits per heavy atom. The fourth-order valence-corrected chi connectivity index (χ4v) is 9.83. The molecular formula is C49H55FN12O8. The molecule has 20 nitrogen and oxygen atoms in total. The van der Waals surface area contributed by atoms with Crippen LogP contribution in [0.25, 0.3) is 11.3 Å². The first-order valence-corrected chi connectivity index (χ1v) is 23.8. The predicted molar refractivity (Wildman–Crippen MR) is 250 cm³/mol. The number of anilines is 2. The standard InChI is InChI=1S/C49H55FN12O8/c50-34-7-9-35(10-8-34)54-46(66)43(31-5-2-1-3-6-31)70-49(69)42-44(51)52-29-37(55-42)33-28-53-61(30-33)36-15-19-57(20-16-36)17-4-18-58-23-25-60(26-24-58)47(67)32-13-21-59(22-14-32)39-27-41(64)62(48(39)68)38-11-12-40(63)56-45(38)65/h1-3,5-10,27-30,32,36,38,43H,4,11-26H2,(H2,51,52)(H,54,66)(H,56,63,65)/t38?,43-/m1/s1. The Morgan fingerprint density at radius 3 is 2.24 bits per heavy atom. The van der Waals surface area contributed by atoms with E-state index in [9.17, 15) is 38.0 Å². The molecule has 0 radical (unpaired) electrons. The average molecular weight is 959 g/mol. The fraction of sp³-hybridized carbons (Fsp3) is 0.429. The molecule has 2 aromatic heterocycles. The zero-order valence-electron chi connectivity index (χ0n) is 38.6.